The summed E-state index contributed by atoms with van der Waals surface area (Å²) >= 11 is 0. The number of hydrogen-bond donors (Lipinski definition) is 1. The predicted molar refractivity (Wildman–Crippen MR) is 176 cm³/mol. The first-order valence-electron chi connectivity index (χ1n) is 18.8. The van der Waals surface area contributed by atoms with Gasteiger partial charge in [-0.05, 0) is 121 Å². The number of allylic oxidation sites excluding steroid dienone is 1. The third-order valence-corrected chi connectivity index (χ3v) is 16.2. The van der Waals surface area contributed by atoms with Crippen LogP contribution in [0.15, 0.2) is 11.1 Å². The molecule has 2 heterocycles. The summed E-state index contributed by atoms with van der Waals surface area (Å²) < 4.78 is 28.2. The fourth-order valence-corrected chi connectivity index (χ4v) is 13.7. The van der Waals surface area contributed by atoms with Crippen molar-refractivity contribution in [3.8, 4) is 0 Å². The molecule has 46 heavy (non-hydrogen) atoms. The molecular formula is C39H60F2N2O3. The summed E-state index contributed by atoms with van der Waals surface area (Å²) in [6.45, 7) is 17.8. The monoisotopic (exact) mass is 642 g/mol. The molecule has 0 radical (unpaired) electrons. The highest BCUT2D eigenvalue weighted by molar-refractivity contribution is 6.07. The maximum absolute atomic E-state index is 15.1. The van der Waals surface area contributed by atoms with Gasteiger partial charge in [-0.25, -0.2) is 8.78 Å². The summed E-state index contributed by atoms with van der Waals surface area (Å²) in [5, 5.41) is 11.1. The topological polar surface area (TPSA) is 60.9 Å². The first kappa shape index (κ1) is 33.2. The molecule has 7 aliphatic rings. The summed E-state index contributed by atoms with van der Waals surface area (Å²) in [5.74, 6) is -1.03. The molecule has 1 amide bonds. The van der Waals surface area contributed by atoms with Crippen molar-refractivity contribution >= 4 is 11.7 Å². The second-order valence-electron chi connectivity index (χ2n) is 18.8. The van der Waals surface area contributed by atoms with E-state index in [4.69, 9.17) is 0 Å². The molecule has 0 spiro atoms. The van der Waals surface area contributed by atoms with E-state index in [0.29, 0.717) is 37.9 Å². The number of amides is 1. The largest absolute Gasteiger partial charge is 0.393 e. The van der Waals surface area contributed by atoms with Gasteiger partial charge in [0, 0.05) is 38.5 Å². The predicted octanol–water partition coefficient (Wildman–Crippen LogP) is 7.66. The van der Waals surface area contributed by atoms with Gasteiger partial charge in [0.1, 0.15) is 0 Å². The van der Waals surface area contributed by atoms with Crippen LogP contribution in [0.5, 0.6) is 0 Å². The third-order valence-electron chi connectivity index (χ3n) is 16.2. The van der Waals surface area contributed by atoms with E-state index in [-0.39, 0.29) is 76.7 Å². The van der Waals surface area contributed by atoms with Gasteiger partial charge in [0.05, 0.1) is 18.1 Å². The van der Waals surface area contributed by atoms with E-state index in [1.165, 1.54) is 5.57 Å². The Bertz CT molecular complexity index is 1330. The van der Waals surface area contributed by atoms with Crippen LogP contribution >= 0.6 is 0 Å². The van der Waals surface area contributed by atoms with Crippen molar-refractivity contribution in [2.45, 2.75) is 144 Å². The molecule has 0 aromatic heterocycles. The summed E-state index contributed by atoms with van der Waals surface area (Å²) in [6, 6.07) is -0.0583. The average molecular weight is 643 g/mol. The number of aliphatic hydroxyl groups is 1. The van der Waals surface area contributed by atoms with Crippen LogP contribution < -0.4 is 0 Å². The van der Waals surface area contributed by atoms with Crippen LogP contribution in [0.1, 0.15) is 126 Å². The summed E-state index contributed by atoms with van der Waals surface area (Å²) in [5.41, 5.74) is 1.50. The van der Waals surface area contributed by atoms with Crippen molar-refractivity contribution in [2.24, 2.45) is 50.7 Å². The number of fused-ring (bicyclic) bond motifs is 7. The van der Waals surface area contributed by atoms with E-state index in [2.05, 4.69) is 48.5 Å². The summed E-state index contributed by atoms with van der Waals surface area (Å²) in [6.07, 6.45) is 9.67. The molecule has 1 unspecified atom stereocenters. The molecule has 9 atom stereocenters. The van der Waals surface area contributed by atoms with Crippen LogP contribution in [-0.4, -0.2) is 70.8 Å². The number of hydrogen-bond acceptors (Lipinski definition) is 4. The van der Waals surface area contributed by atoms with Gasteiger partial charge in [-0.15, -0.1) is 0 Å². The van der Waals surface area contributed by atoms with Gasteiger partial charge < -0.3 is 10.0 Å². The van der Waals surface area contributed by atoms with Crippen molar-refractivity contribution in [2.75, 3.05) is 26.2 Å². The minimum atomic E-state index is -2.64. The molecule has 7 rings (SSSR count). The molecule has 2 saturated heterocycles. The van der Waals surface area contributed by atoms with Crippen LogP contribution in [-0.2, 0) is 9.59 Å². The smallest absolute Gasteiger partial charge is 0.261 e. The maximum atomic E-state index is 15.1. The van der Waals surface area contributed by atoms with Gasteiger partial charge in [-0.2, -0.15) is 0 Å². The van der Waals surface area contributed by atoms with Crippen molar-refractivity contribution in [1.82, 2.24) is 9.80 Å². The minimum Gasteiger partial charge on any atom is -0.393 e. The molecule has 0 aromatic carbocycles. The lowest BCUT2D eigenvalue weighted by Gasteiger charge is -2.72. The zero-order valence-corrected chi connectivity index (χ0v) is 29.7. The third kappa shape index (κ3) is 4.40. The van der Waals surface area contributed by atoms with Crippen molar-refractivity contribution in [1.29, 1.82) is 0 Å². The molecular weight excluding hydrogens is 582 g/mol. The van der Waals surface area contributed by atoms with E-state index in [1.807, 2.05) is 9.80 Å². The average Bonchev–Trinajstić information content (AvgIpc) is 3.66. The second-order valence-corrected chi connectivity index (χ2v) is 18.8. The number of halogens is 2. The first-order chi connectivity index (χ1) is 21.4. The summed E-state index contributed by atoms with van der Waals surface area (Å²) in [7, 11) is 0. The zero-order chi connectivity index (χ0) is 33.2. The number of carbonyl (C=O) groups excluding carboxylic acids is 2. The van der Waals surface area contributed by atoms with Gasteiger partial charge in [0.25, 0.3) is 5.92 Å². The van der Waals surface area contributed by atoms with Crippen LogP contribution in [0, 0.1) is 50.7 Å². The fraction of sp³-hybridized carbons (Fsp3) is 0.897. The SMILES string of the molecule is CC(C)C1=C2[C@H]3CC[C@@H]4[C@@]5(C)CC[C@H](O)C(C)(C)[C@@H]5CC[C@@]4(C)[C@]3(C)CC[C@@]2(C(=O)N2CCCC2CN2CCC(F)(F)C2)CC1=O. The lowest BCUT2D eigenvalue weighted by atomic mass is 9.33. The fourth-order valence-electron chi connectivity index (χ4n) is 13.7. The number of Topliss-reactive ketones (excluding diaryl/α,β-unsaturated/α-hetero) is 1. The molecule has 6 fully saturated rings. The Labute approximate surface area is 276 Å². The lowest BCUT2D eigenvalue weighted by Crippen LogP contribution is -2.66. The van der Waals surface area contributed by atoms with Gasteiger partial charge in [0.2, 0.25) is 5.91 Å². The number of nitrogens with zero attached hydrogens (tertiary/aromatic N) is 2. The van der Waals surface area contributed by atoms with E-state index >= 15 is 4.79 Å². The molecule has 5 nitrogen and oxygen atoms in total. The van der Waals surface area contributed by atoms with E-state index < -0.39 is 11.3 Å². The number of aliphatic hydroxyl groups excluding tert-OH is 1. The standard InChI is InChI=1S/C39H60F2N2O3/c1-24(2)31-27(44)21-38(33(46)43-19-8-9-25(43)22-42-20-18-39(40,41)23-42)17-16-36(6)26(32(31)38)10-11-29-35(5)14-13-30(45)34(3,4)28(35)12-15-37(29,36)7/h24-26,28-30,45H,8-23H2,1-7H3/t25?,26-,28+,29-,30+,35+,36-,37-,38-/m1/s1. The van der Waals surface area contributed by atoms with Gasteiger partial charge in [-0.1, -0.05) is 48.5 Å². The molecule has 1 N–H and O–H groups in total. The quantitative estimate of drug-likeness (QED) is 0.342. The Morgan fingerprint density at radius 1 is 0.891 bits per heavy atom. The Balaban J connectivity index is 1.24. The Morgan fingerprint density at radius 3 is 2.30 bits per heavy atom. The molecule has 0 bridgehead atoms. The van der Waals surface area contributed by atoms with E-state index in [9.17, 15) is 18.7 Å². The van der Waals surface area contributed by atoms with Crippen LogP contribution in [0.25, 0.3) is 0 Å². The highest BCUT2D eigenvalue weighted by Gasteiger charge is 2.71. The Kier molecular flexibility index (Phi) is 7.63. The molecule has 0 aromatic rings. The van der Waals surface area contributed by atoms with Crippen LogP contribution in [0.4, 0.5) is 8.78 Å². The lowest BCUT2D eigenvalue weighted by molar-refractivity contribution is -0.228. The molecule has 2 aliphatic heterocycles. The highest BCUT2D eigenvalue weighted by atomic mass is 19.3. The van der Waals surface area contributed by atoms with Crippen LogP contribution in [0.2, 0.25) is 0 Å². The Hall–Kier alpha value is -1.34. The van der Waals surface area contributed by atoms with E-state index in [0.717, 1.165) is 63.4 Å². The molecule has 258 valence electrons. The van der Waals surface area contributed by atoms with Crippen molar-refractivity contribution in [3.05, 3.63) is 11.1 Å². The number of ketones is 1. The number of alkyl halides is 2. The molecule has 5 aliphatic carbocycles. The van der Waals surface area contributed by atoms with Gasteiger partial charge >= 0.3 is 0 Å². The maximum Gasteiger partial charge on any atom is 0.261 e. The van der Waals surface area contributed by atoms with E-state index in [1.54, 1.807) is 0 Å². The molecule has 7 heteroatoms. The number of carbonyl (C=O) groups is 2. The van der Waals surface area contributed by atoms with Gasteiger partial charge in [-0.3, -0.25) is 14.5 Å². The van der Waals surface area contributed by atoms with Gasteiger partial charge in [0.15, 0.2) is 5.78 Å². The second kappa shape index (κ2) is 10.6. The van der Waals surface area contributed by atoms with Crippen molar-refractivity contribution < 1.29 is 23.5 Å². The minimum absolute atomic E-state index is 0.0144. The number of rotatable bonds is 4. The van der Waals surface area contributed by atoms with Crippen molar-refractivity contribution in [3.63, 3.8) is 0 Å². The zero-order valence-electron chi connectivity index (χ0n) is 29.7. The summed E-state index contributed by atoms with van der Waals surface area (Å²) in [4.78, 5) is 33.0. The molecule has 4 saturated carbocycles. The highest BCUT2D eigenvalue weighted by Crippen LogP contribution is 2.76. The number of likely N-dealkylation sites (tertiary alicyclic amines) is 2. The first-order valence-corrected chi connectivity index (χ1v) is 18.8. The Morgan fingerprint density at radius 2 is 1.63 bits per heavy atom. The van der Waals surface area contributed by atoms with Crippen LogP contribution in [0.3, 0.4) is 0 Å². The normalized spacial score (nSPS) is 46.7.